The third-order valence-corrected chi connectivity index (χ3v) is 4.72. The lowest BCUT2D eigenvalue weighted by atomic mass is 10.2. The maximum atomic E-state index is 12.3. The summed E-state index contributed by atoms with van der Waals surface area (Å²) >= 11 is 0. The highest BCUT2D eigenvalue weighted by Crippen LogP contribution is 2.18. The van der Waals surface area contributed by atoms with Crippen molar-refractivity contribution in [2.24, 2.45) is 0 Å². The van der Waals surface area contributed by atoms with Crippen LogP contribution in [-0.2, 0) is 16.6 Å². The summed E-state index contributed by atoms with van der Waals surface area (Å²) in [7, 11) is -3.75. The van der Waals surface area contributed by atoms with Gasteiger partial charge in [-0.05, 0) is 26.0 Å². The molecule has 0 spiro atoms. The standard InChI is InChI=1S/C13H13N3O5S/c1-7-10(8(2)21-16-7)6-14-22(18,19)9-3-4-11-12(5-9)20-13(17)15-11/h3-5,14H,6H2,1-2H3,(H,15,17). The van der Waals surface area contributed by atoms with Crippen LogP contribution in [0, 0.1) is 13.8 Å². The topological polar surface area (TPSA) is 118 Å². The summed E-state index contributed by atoms with van der Waals surface area (Å²) in [5, 5.41) is 3.77. The number of hydrogen-bond donors (Lipinski definition) is 2. The van der Waals surface area contributed by atoms with E-state index in [1.54, 1.807) is 13.8 Å². The number of aryl methyl sites for hydroxylation is 2. The van der Waals surface area contributed by atoms with E-state index < -0.39 is 15.8 Å². The van der Waals surface area contributed by atoms with Gasteiger partial charge in [0.1, 0.15) is 5.76 Å². The van der Waals surface area contributed by atoms with Crippen LogP contribution in [-0.4, -0.2) is 18.6 Å². The Kier molecular flexibility index (Phi) is 3.38. The summed E-state index contributed by atoms with van der Waals surface area (Å²) in [6, 6.07) is 4.16. The van der Waals surface area contributed by atoms with Crippen LogP contribution in [0.2, 0.25) is 0 Å². The van der Waals surface area contributed by atoms with Gasteiger partial charge < -0.3 is 8.94 Å². The minimum Gasteiger partial charge on any atom is -0.408 e. The zero-order valence-corrected chi connectivity index (χ0v) is 12.7. The molecule has 22 heavy (non-hydrogen) atoms. The average molecular weight is 323 g/mol. The van der Waals surface area contributed by atoms with Crippen LogP contribution in [0.5, 0.6) is 0 Å². The predicted octanol–water partition coefficient (Wildman–Crippen LogP) is 1.20. The SMILES string of the molecule is Cc1noc(C)c1CNS(=O)(=O)c1ccc2[nH]c(=O)oc2c1. The molecule has 0 bridgehead atoms. The highest BCUT2D eigenvalue weighted by Gasteiger charge is 2.18. The second-order valence-corrected chi connectivity index (χ2v) is 6.57. The number of nitrogens with one attached hydrogen (secondary N) is 2. The van der Waals surface area contributed by atoms with Gasteiger partial charge >= 0.3 is 5.76 Å². The fraction of sp³-hybridized carbons (Fsp3) is 0.231. The highest BCUT2D eigenvalue weighted by molar-refractivity contribution is 7.89. The number of H-pyrrole nitrogens is 1. The number of rotatable bonds is 4. The minimum atomic E-state index is -3.75. The van der Waals surface area contributed by atoms with Gasteiger partial charge in [0.05, 0.1) is 16.1 Å². The molecule has 8 nitrogen and oxygen atoms in total. The van der Waals surface area contributed by atoms with Gasteiger partial charge in [0.15, 0.2) is 5.58 Å². The molecule has 3 rings (SSSR count). The number of benzene rings is 1. The fourth-order valence-electron chi connectivity index (χ4n) is 2.10. The van der Waals surface area contributed by atoms with Gasteiger partial charge in [0, 0.05) is 18.2 Å². The number of hydrogen-bond acceptors (Lipinski definition) is 6. The van der Waals surface area contributed by atoms with Gasteiger partial charge in [0.2, 0.25) is 10.0 Å². The van der Waals surface area contributed by atoms with E-state index in [2.05, 4.69) is 14.9 Å². The van der Waals surface area contributed by atoms with Gasteiger partial charge in [-0.3, -0.25) is 4.98 Å². The Morgan fingerprint density at radius 3 is 2.77 bits per heavy atom. The third-order valence-electron chi connectivity index (χ3n) is 3.32. The van der Waals surface area contributed by atoms with E-state index in [1.165, 1.54) is 18.2 Å². The molecule has 0 aliphatic carbocycles. The van der Waals surface area contributed by atoms with Gasteiger partial charge in [-0.2, -0.15) is 0 Å². The molecule has 0 aliphatic heterocycles. The maximum absolute atomic E-state index is 12.3. The molecule has 0 amide bonds. The van der Waals surface area contributed by atoms with Crippen LogP contribution in [0.4, 0.5) is 0 Å². The fourth-order valence-corrected chi connectivity index (χ4v) is 3.11. The molecule has 1 aromatic carbocycles. The van der Waals surface area contributed by atoms with Gasteiger partial charge in [0.25, 0.3) is 0 Å². The molecule has 0 fully saturated rings. The molecule has 0 unspecified atom stereocenters. The number of aromatic amines is 1. The molecule has 0 radical (unpaired) electrons. The van der Waals surface area contributed by atoms with E-state index in [0.717, 1.165) is 0 Å². The normalized spacial score (nSPS) is 12.1. The van der Waals surface area contributed by atoms with Crippen molar-refractivity contribution in [2.75, 3.05) is 0 Å². The van der Waals surface area contributed by atoms with E-state index in [1.807, 2.05) is 0 Å². The Morgan fingerprint density at radius 1 is 1.32 bits per heavy atom. The molecule has 9 heteroatoms. The zero-order valence-electron chi connectivity index (χ0n) is 11.8. The van der Waals surface area contributed by atoms with E-state index in [9.17, 15) is 13.2 Å². The van der Waals surface area contributed by atoms with Crippen molar-refractivity contribution in [1.29, 1.82) is 0 Å². The van der Waals surface area contributed by atoms with Crippen molar-refractivity contribution in [1.82, 2.24) is 14.9 Å². The second-order valence-electron chi connectivity index (χ2n) is 4.80. The summed E-state index contributed by atoms with van der Waals surface area (Å²) in [6.07, 6.45) is 0. The van der Waals surface area contributed by atoms with E-state index in [0.29, 0.717) is 22.5 Å². The molecular formula is C13H13N3O5S. The summed E-state index contributed by atoms with van der Waals surface area (Å²) in [5.74, 6) is -0.0690. The smallest absolute Gasteiger partial charge is 0.408 e. The maximum Gasteiger partial charge on any atom is 0.417 e. The van der Waals surface area contributed by atoms with Crippen LogP contribution in [0.3, 0.4) is 0 Å². The lowest BCUT2D eigenvalue weighted by Gasteiger charge is -2.06. The first-order valence-electron chi connectivity index (χ1n) is 6.41. The van der Waals surface area contributed by atoms with Crippen LogP contribution in [0.25, 0.3) is 11.1 Å². The van der Waals surface area contributed by atoms with E-state index >= 15 is 0 Å². The van der Waals surface area contributed by atoms with Gasteiger partial charge in [-0.25, -0.2) is 17.9 Å². The summed E-state index contributed by atoms with van der Waals surface area (Å²) in [5.41, 5.74) is 1.95. The van der Waals surface area contributed by atoms with Crippen molar-refractivity contribution in [3.05, 3.63) is 45.8 Å². The Balaban J connectivity index is 1.89. The molecular weight excluding hydrogens is 310 g/mol. The van der Waals surface area contributed by atoms with Crippen molar-refractivity contribution in [2.45, 2.75) is 25.3 Å². The quantitative estimate of drug-likeness (QED) is 0.745. The Morgan fingerprint density at radius 2 is 2.09 bits per heavy atom. The molecule has 3 aromatic rings. The lowest BCUT2D eigenvalue weighted by Crippen LogP contribution is -2.23. The van der Waals surface area contributed by atoms with E-state index in [-0.39, 0.29) is 17.0 Å². The number of sulfonamides is 1. The molecule has 2 aromatic heterocycles. The predicted molar refractivity (Wildman–Crippen MR) is 76.8 cm³/mol. The number of aromatic nitrogens is 2. The minimum absolute atomic E-state index is 0.00881. The van der Waals surface area contributed by atoms with Gasteiger partial charge in [-0.1, -0.05) is 5.16 Å². The lowest BCUT2D eigenvalue weighted by molar-refractivity contribution is 0.392. The van der Waals surface area contributed by atoms with Crippen LogP contribution >= 0.6 is 0 Å². The molecule has 0 saturated carbocycles. The number of oxazole rings is 1. The average Bonchev–Trinajstić information content (AvgIpc) is 2.98. The van der Waals surface area contributed by atoms with Crippen LogP contribution < -0.4 is 10.5 Å². The molecule has 116 valence electrons. The van der Waals surface area contributed by atoms with Gasteiger partial charge in [-0.15, -0.1) is 0 Å². The first-order valence-corrected chi connectivity index (χ1v) is 7.89. The van der Waals surface area contributed by atoms with Crippen molar-refractivity contribution < 1.29 is 17.4 Å². The second kappa shape index (κ2) is 5.11. The summed E-state index contributed by atoms with van der Waals surface area (Å²) < 4.78 is 36.9. The first kappa shape index (κ1) is 14.5. The van der Waals surface area contributed by atoms with Crippen LogP contribution in [0.15, 0.2) is 36.8 Å². The Labute approximate surface area is 125 Å². The monoisotopic (exact) mass is 323 g/mol. The Hall–Kier alpha value is -2.39. The van der Waals surface area contributed by atoms with Crippen molar-refractivity contribution in [3.8, 4) is 0 Å². The highest BCUT2D eigenvalue weighted by atomic mass is 32.2. The summed E-state index contributed by atoms with van der Waals surface area (Å²) in [4.78, 5) is 13.6. The third kappa shape index (κ3) is 2.55. The largest absolute Gasteiger partial charge is 0.417 e. The number of nitrogens with zero attached hydrogens (tertiary/aromatic N) is 1. The molecule has 0 saturated heterocycles. The first-order chi connectivity index (χ1) is 10.4. The van der Waals surface area contributed by atoms with Crippen molar-refractivity contribution >= 4 is 21.1 Å². The molecule has 2 heterocycles. The van der Waals surface area contributed by atoms with Crippen molar-refractivity contribution in [3.63, 3.8) is 0 Å². The molecule has 0 atom stereocenters. The van der Waals surface area contributed by atoms with E-state index in [4.69, 9.17) is 8.94 Å². The Bertz CT molecular complexity index is 977. The summed E-state index contributed by atoms with van der Waals surface area (Å²) in [6.45, 7) is 3.52. The molecule has 0 aliphatic rings. The number of fused-ring (bicyclic) bond motifs is 1. The zero-order chi connectivity index (χ0) is 15.9. The van der Waals surface area contributed by atoms with Crippen LogP contribution in [0.1, 0.15) is 17.0 Å². The molecule has 2 N–H and O–H groups in total.